The van der Waals surface area contributed by atoms with Gasteiger partial charge in [-0.1, -0.05) is 90.0 Å². The zero-order valence-corrected chi connectivity index (χ0v) is 20.7. The van der Waals surface area contributed by atoms with Crippen LogP contribution in [0.4, 0.5) is 0 Å². The van der Waals surface area contributed by atoms with E-state index in [1.807, 2.05) is 24.3 Å². The summed E-state index contributed by atoms with van der Waals surface area (Å²) in [6, 6.07) is 24.3. The number of nitrogens with zero attached hydrogens (tertiary/aromatic N) is 1. The van der Waals surface area contributed by atoms with Crippen molar-refractivity contribution in [1.29, 1.82) is 0 Å². The molecular weight excluding hydrogens is 450 g/mol. The number of ether oxygens (including phenoxy) is 1. The van der Waals surface area contributed by atoms with Crippen LogP contribution in [0.2, 0.25) is 5.02 Å². The Morgan fingerprint density at radius 2 is 1.45 bits per heavy atom. The number of benzene rings is 3. The first kappa shape index (κ1) is 23.6. The molecule has 170 valence electrons. The number of hydrogen-bond acceptors (Lipinski definition) is 3. The first-order valence-corrected chi connectivity index (χ1v) is 12.2. The smallest absolute Gasteiger partial charge is 0.252 e. The van der Waals surface area contributed by atoms with Crippen molar-refractivity contribution in [2.45, 2.75) is 23.8 Å². The van der Waals surface area contributed by atoms with Crippen LogP contribution in [0.5, 0.6) is 0 Å². The number of thioether (sulfide) groups is 1. The van der Waals surface area contributed by atoms with E-state index in [-0.39, 0.29) is 11.2 Å². The summed E-state index contributed by atoms with van der Waals surface area (Å²) in [4.78, 5) is 16.1. The van der Waals surface area contributed by atoms with Crippen molar-refractivity contribution in [1.82, 2.24) is 4.90 Å². The minimum absolute atomic E-state index is 0.0101. The second-order valence-corrected chi connectivity index (χ2v) is 10.2. The predicted octanol–water partition coefficient (Wildman–Crippen LogP) is 6.68. The average Bonchev–Trinajstić information content (AvgIpc) is 2.82. The van der Waals surface area contributed by atoms with Crippen LogP contribution < -0.4 is 0 Å². The third-order valence-electron chi connectivity index (χ3n) is 6.10. The zero-order chi connectivity index (χ0) is 23.6. The largest absolute Gasteiger partial charge is 0.383 e. The molecule has 1 fully saturated rings. The predicted molar refractivity (Wildman–Crippen MR) is 138 cm³/mol. The molecule has 3 nitrogen and oxygen atoms in total. The summed E-state index contributed by atoms with van der Waals surface area (Å²) >= 11 is 7.86. The SMILES string of the molecule is C=C1C(c2ccc(C)cc2)SC(c2ccc(C)cc2)(c2ccc(Cl)cc2)C(=O)N1CCOC. The first-order valence-electron chi connectivity index (χ1n) is 10.9. The third-order valence-corrected chi connectivity index (χ3v) is 8.13. The van der Waals surface area contributed by atoms with E-state index in [0.717, 1.165) is 28.0 Å². The van der Waals surface area contributed by atoms with Crippen LogP contribution >= 0.6 is 23.4 Å². The molecule has 1 aliphatic heterocycles. The molecule has 1 heterocycles. The minimum Gasteiger partial charge on any atom is -0.383 e. The van der Waals surface area contributed by atoms with Crippen molar-refractivity contribution >= 4 is 29.3 Å². The van der Waals surface area contributed by atoms with Crippen LogP contribution in [0.3, 0.4) is 0 Å². The van der Waals surface area contributed by atoms with Crippen LogP contribution in [-0.4, -0.2) is 31.1 Å². The van der Waals surface area contributed by atoms with Crippen LogP contribution in [0.15, 0.2) is 85.1 Å². The number of aryl methyl sites for hydroxylation is 2. The van der Waals surface area contributed by atoms with Crippen molar-refractivity contribution < 1.29 is 9.53 Å². The molecule has 3 aromatic carbocycles. The van der Waals surface area contributed by atoms with E-state index in [1.165, 1.54) is 5.56 Å². The molecule has 1 amide bonds. The van der Waals surface area contributed by atoms with Crippen molar-refractivity contribution in [3.63, 3.8) is 0 Å². The minimum atomic E-state index is -0.942. The van der Waals surface area contributed by atoms with Crippen LogP contribution in [0.1, 0.15) is 33.1 Å². The molecule has 0 aromatic heterocycles. The molecule has 1 aliphatic rings. The van der Waals surface area contributed by atoms with Crippen molar-refractivity contribution in [3.05, 3.63) is 118 Å². The molecule has 2 atom stereocenters. The Balaban J connectivity index is 1.94. The summed E-state index contributed by atoms with van der Waals surface area (Å²) < 4.78 is 4.41. The van der Waals surface area contributed by atoms with E-state index in [4.69, 9.17) is 16.3 Å². The van der Waals surface area contributed by atoms with Gasteiger partial charge < -0.3 is 9.64 Å². The van der Waals surface area contributed by atoms with E-state index in [1.54, 1.807) is 23.8 Å². The van der Waals surface area contributed by atoms with Gasteiger partial charge >= 0.3 is 0 Å². The van der Waals surface area contributed by atoms with Gasteiger partial charge in [0.15, 0.2) is 0 Å². The zero-order valence-electron chi connectivity index (χ0n) is 19.2. The molecule has 0 bridgehead atoms. The highest BCUT2D eigenvalue weighted by Gasteiger charge is 2.52. The molecule has 0 saturated carbocycles. The van der Waals surface area contributed by atoms with E-state index in [9.17, 15) is 4.79 Å². The average molecular weight is 478 g/mol. The molecule has 0 spiro atoms. The molecule has 0 aliphatic carbocycles. The van der Waals surface area contributed by atoms with Crippen LogP contribution in [-0.2, 0) is 14.3 Å². The van der Waals surface area contributed by atoms with Gasteiger partial charge in [-0.15, -0.1) is 11.8 Å². The lowest BCUT2D eigenvalue weighted by atomic mass is 9.87. The summed E-state index contributed by atoms with van der Waals surface area (Å²) in [6.45, 7) is 9.37. The van der Waals surface area contributed by atoms with E-state index >= 15 is 0 Å². The maximum Gasteiger partial charge on any atom is 0.252 e. The normalized spacial score (nSPS) is 20.8. The Labute approximate surface area is 205 Å². The van der Waals surface area contributed by atoms with Gasteiger partial charge in [0.1, 0.15) is 4.75 Å². The van der Waals surface area contributed by atoms with Gasteiger partial charge in [-0.05, 0) is 42.7 Å². The monoisotopic (exact) mass is 477 g/mol. The molecular formula is C28H28ClNO2S. The highest BCUT2D eigenvalue weighted by Crippen LogP contribution is 2.57. The van der Waals surface area contributed by atoms with Gasteiger partial charge in [0.25, 0.3) is 5.91 Å². The van der Waals surface area contributed by atoms with Gasteiger partial charge in [-0.3, -0.25) is 4.79 Å². The Morgan fingerprint density at radius 1 is 0.939 bits per heavy atom. The highest BCUT2D eigenvalue weighted by molar-refractivity contribution is 8.01. The molecule has 33 heavy (non-hydrogen) atoms. The number of carbonyl (C=O) groups is 1. The highest BCUT2D eigenvalue weighted by atomic mass is 35.5. The Morgan fingerprint density at radius 3 is 2.00 bits per heavy atom. The molecule has 0 N–H and O–H groups in total. The maximum absolute atomic E-state index is 14.3. The molecule has 5 heteroatoms. The number of amides is 1. The fraction of sp³-hybridized carbons (Fsp3) is 0.250. The molecule has 1 saturated heterocycles. The lowest BCUT2D eigenvalue weighted by Gasteiger charge is -2.46. The Bertz CT molecular complexity index is 1090. The van der Waals surface area contributed by atoms with Crippen molar-refractivity contribution in [3.8, 4) is 0 Å². The quantitative estimate of drug-likeness (QED) is 0.396. The van der Waals surface area contributed by atoms with E-state index < -0.39 is 4.75 Å². The second-order valence-electron chi connectivity index (χ2n) is 8.40. The van der Waals surface area contributed by atoms with E-state index in [2.05, 4.69) is 69.0 Å². The molecule has 4 rings (SSSR count). The lowest BCUT2D eigenvalue weighted by Crippen LogP contribution is -2.51. The summed E-state index contributed by atoms with van der Waals surface area (Å²) in [5, 5.41) is 0.541. The van der Waals surface area contributed by atoms with Gasteiger partial charge in [0.05, 0.1) is 11.9 Å². The fourth-order valence-corrected chi connectivity index (χ4v) is 6.00. The van der Waals surface area contributed by atoms with Crippen molar-refractivity contribution in [2.75, 3.05) is 20.3 Å². The van der Waals surface area contributed by atoms with E-state index in [0.29, 0.717) is 18.2 Å². The number of methoxy groups -OCH3 is 1. The first-order chi connectivity index (χ1) is 15.9. The second kappa shape index (κ2) is 9.76. The number of rotatable bonds is 6. The summed E-state index contributed by atoms with van der Waals surface area (Å²) in [6.07, 6.45) is 0. The van der Waals surface area contributed by atoms with Gasteiger partial charge in [-0.2, -0.15) is 0 Å². The molecule has 0 radical (unpaired) electrons. The van der Waals surface area contributed by atoms with Crippen LogP contribution in [0.25, 0.3) is 0 Å². The number of carbonyl (C=O) groups excluding carboxylic acids is 1. The van der Waals surface area contributed by atoms with Gasteiger partial charge in [0.2, 0.25) is 0 Å². The standard InChI is InChI=1S/C28H28ClNO2S/c1-19-5-9-22(10-6-19)26-21(3)30(17-18-32-4)27(31)28(33-26,23-11-7-20(2)8-12-23)24-13-15-25(29)16-14-24/h5-16,26H,3,17-18H2,1-2,4H3. The molecule has 2 unspecified atom stereocenters. The Kier molecular flexibility index (Phi) is 6.99. The van der Waals surface area contributed by atoms with Crippen LogP contribution in [0, 0.1) is 13.8 Å². The fourth-order valence-electron chi connectivity index (χ4n) is 4.21. The third kappa shape index (κ3) is 4.48. The summed E-state index contributed by atoms with van der Waals surface area (Å²) in [5.41, 5.74) is 6.09. The lowest BCUT2D eigenvalue weighted by molar-refractivity contribution is -0.132. The van der Waals surface area contributed by atoms with Gasteiger partial charge in [0, 0.05) is 24.4 Å². The summed E-state index contributed by atoms with van der Waals surface area (Å²) in [7, 11) is 1.65. The Hall–Kier alpha value is -2.53. The van der Waals surface area contributed by atoms with Gasteiger partial charge in [-0.25, -0.2) is 0 Å². The number of halogens is 1. The molecule has 3 aromatic rings. The number of hydrogen-bond donors (Lipinski definition) is 0. The topological polar surface area (TPSA) is 29.5 Å². The van der Waals surface area contributed by atoms with Crippen molar-refractivity contribution in [2.24, 2.45) is 0 Å². The summed E-state index contributed by atoms with van der Waals surface area (Å²) in [5.74, 6) is -0.0101. The maximum atomic E-state index is 14.3.